The first kappa shape index (κ1) is 30.1. The van der Waals surface area contributed by atoms with E-state index in [9.17, 15) is 14.7 Å². The van der Waals surface area contributed by atoms with Gasteiger partial charge in [-0.25, -0.2) is 14.8 Å². The monoisotopic (exact) mass is 632 g/mol. The Morgan fingerprint density at radius 1 is 1.24 bits per heavy atom. The van der Waals surface area contributed by atoms with Gasteiger partial charge in [0.15, 0.2) is 11.0 Å². The molecule has 3 aromatic heterocycles. The topological polar surface area (TPSA) is 135 Å². The number of thiazole rings is 1. The minimum absolute atomic E-state index is 0.0979. The predicted molar refractivity (Wildman–Crippen MR) is 161 cm³/mol. The number of amides is 1. The molecule has 42 heavy (non-hydrogen) atoms. The van der Waals surface area contributed by atoms with Crippen molar-refractivity contribution in [3.05, 3.63) is 74.6 Å². The first-order valence-corrected chi connectivity index (χ1v) is 14.8. The molecular weight excluding hydrogens is 603 g/mol. The Bertz CT molecular complexity index is 1560. The molecule has 0 unspecified atom stereocenters. The van der Waals surface area contributed by atoms with Gasteiger partial charge in [0.25, 0.3) is 5.91 Å². The molecule has 1 fully saturated rings. The van der Waals surface area contributed by atoms with Crippen molar-refractivity contribution in [1.29, 1.82) is 0 Å². The number of nitrogens with zero attached hydrogens (tertiary/aromatic N) is 4. The second kappa shape index (κ2) is 13.3. The van der Waals surface area contributed by atoms with Crippen molar-refractivity contribution < 1.29 is 24.2 Å². The standard InChI is InChI=1S/C28H30Cl2N6O5S/c1-16-20(29)21(30)22(32-16)26(37)33-18-8-10-36(14-19(18)41-15-17-6-4-3-5-7-17)28-34-23(24(42-28)27(38)39)25-31-9-11-35(25)12-13-40-2/h3-7,9,11,18-19,32H,8,10,12-15H2,1-2H3,(H,33,37)(H,38,39)/t18-,19+/m1/s1. The molecule has 3 N–H and O–H groups in total. The molecular formula is C28H30Cl2N6O5S. The normalized spacial score (nSPS) is 17.0. The van der Waals surface area contributed by atoms with E-state index in [2.05, 4.69) is 15.3 Å². The van der Waals surface area contributed by atoms with E-state index < -0.39 is 12.1 Å². The van der Waals surface area contributed by atoms with E-state index in [0.717, 1.165) is 16.9 Å². The van der Waals surface area contributed by atoms with Crippen LogP contribution in [0.4, 0.5) is 5.13 Å². The molecule has 1 aliphatic rings. The van der Waals surface area contributed by atoms with E-state index in [-0.39, 0.29) is 27.5 Å². The first-order valence-electron chi connectivity index (χ1n) is 13.3. The van der Waals surface area contributed by atoms with Gasteiger partial charge in [-0.05, 0) is 18.9 Å². The van der Waals surface area contributed by atoms with Crippen LogP contribution in [0.25, 0.3) is 11.5 Å². The number of carbonyl (C=O) groups excluding carboxylic acids is 1. The number of aromatic nitrogens is 4. The van der Waals surface area contributed by atoms with Gasteiger partial charge in [-0.2, -0.15) is 0 Å². The van der Waals surface area contributed by atoms with Crippen LogP contribution < -0.4 is 10.2 Å². The number of rotatable bonds is 11. The molecule has 222 valence electrons. The van der Waals surface area contributed by atoms with E-state index in [1.807, 2.05) is 39.8 Å². The highest BCUT2D eigenvalue weighted by Gasteiger charge is 2.35. The van der Waals surface area contributed by atoms with Gasteiger partial charge in [0.1, 0.15) is 16.3 Å². The van der Waals surface area contributed by atoms with Crippen LogP contribution in [0.5, 0.6) is 0 Å². The summed E-state index contributed by atoms with van der Waals surface area (Å²) in [6.07, 6.45) is 3.47. The molecule has 0 spiro atoms. The van der Waals surface area contributed by atoms with E-state index in [1.54, 1.807) is 26.4 Å². The van der Waals surface area contributed by atoms with Gasteiger partial charge in [0, 0.05) is 44.8 Å². The molecule has 1 aliphatic heterocycles. The molecule has 0 saturated carbocycles. The molecule has 0 aliphatic carbocycles. The quantitative estimate of drug-likeness (QED) is 0.213. The summed E-state index contributed by atoms with van der Waals surface area (Å²) < 4.78 is 13.4. The number of aromatic carboxylic acids is 1. The number of methoxy groups -OCH3 is 1. The van der Waals surface area contributed by atoms with E-state index in [0.29, 0.717) is 66.6 Å². The highest BCUT2D eigenvalue weighted by molar-refractivity contribution is 7.17. The number of piperidine rings is 1. The van der Waals surface area contributed by atoms with E-state index in [4.69, 9.17) is 37.7 Å². The number of aromatic amines is 1. The zero-order chi connectivity index (χ0) is 29.8. The number of carboxylic acids is 1. The molecule has 5 rings (SSSR count). The Morgan fingerprint density at radius 2 is 2.02 bits per heavy atom. The van der Waals surface area contributed by atoms with Crippen LogP contribution in [-0.2, 0) is 22.6 Å². The van der Waals surface area contributed by atoms with E-state index >= 15 is 0 Å². The number of carboxylic acid groups (broad SMARTS) is 1. The molecule has 4 heterocycles. The minimum Gasteiger partial charge on any atom is -0.477 e. The average molecular weight is 634 g/mol. The zero-order valence-corrected chi connectivity index (χ0v) is 25.3. The Labute approximate surface area is 256 Å². The zero-order valence-electron chi connectivity index (χ0n) is 23.0. The second-order valence-electron chi connectivity index (χ2n) is 9.82. The van der Waals surface area contributed by atoms with Crippen LogP contribution in [0.2, 0.25) is 10.0 Å². The number of hydrogen-bond donors (Lipinski definition) is 3. The lowest BCUT2D eigenvalue weighted by Gasteiger charge is -2.38. The van der Waals surface area contributed by atoms with Crippen molar-refractivity contribution in [3.63, 3.8) is 0 Å². The number of carbonyl (C=O) groups is 2. The Morgan fingerprint density at radius 3 is 2.71 bits per heavy atom. The van der Waals surface area contributed by atoms with Crippen molar-refractivity contribution in [2.24, 2.45) is 0 Å². The Balaban J connectivity index is 1.39. The van der Waals surface area contributed by atoms with Gasteiger partial charge in [-0.3, -0.25) is 4.79 Å². The molecule has 1 aromatic carbocycles. The van der Waals surface area contributed by atoms with Crippen molar-refractivity contribution in [1.82, 2.24) is 24.8 Å². The number of hydrogen-bond acceptors (Lipinski definition) is 8. The van der Waals surface area contributed by atoms with Crippen LogP contribution >= 0.6 is 34.5 Å². The number of nitrogens with one attached hydrogen (secondary N) is 2. The second-order valence-corrected chi connectivity index (χ2v) is 11.6. The third-order valence-corrected chi connectivity index (χ3v) is 9.06. The summed E-state index contributed by atoms with van der Waals surface area (Å²) in [4.78, 5) is 39.6. The summed E-state index contributed by atoms with van der Waals surface area (Å²) in [5.74, 6) is -0.997. The fourth-order valence-electron chi connectivity index (χ4n) is 4.81. The van der Waals surface area contributed by atoms with Crippen LogP contribution in [0, 0.1) is 6.92 Å². The van der Waals surface area contributed by atoms with Gasteiger partial charge in [-0.15, -0.1) is 0 Å². The smallest absolute Gasteiger partial charge is 0.348 e. The number of anilines is 1. The van der Waals surface area contributed by atoms with Gasteiger partial charge < -0.3 is 34.3 Å². The molecule has 0 bridgehead atoms. The fraction of sp³-hybridized carbons (Fsp3) is 0.357. The van der Waals surface area contributed by atoms with Gasteiger partial charge in [0.2, 0.25) is 0 Å². The molecule has 1 amide bonds. The van der Waals surface area contributed by atoms with Crippen LogP contribution in [0.15, 0.2) is 42.7 Å². The number of benzene rings is 1. The third kappa shape index (κ3) is 6.47. The van der Waals surface area contributed by atoms with Crippen LogP contribution in [-0.4, -0.2) is 75.5 Å². The molecule has 11 nitrogen and oxygen atoms in total. The summed E-state index contributed by atoms with van der Waals surface area (Å²) in [6, 6.07) is 9.40. The fourth-order valence-corrected chi connectivity index (χ4v) is 6.16. The molecule has 14 heteroatoms. The summed E-state index contributed by atoms with van der Waals surface area (Å²) >= 11 is 13.6. The van der Waals surface area contributed by atoms with Gasteiger partial charge in [0.05, 0.1) is 35.4 Å². The summed E-state index contributed by atoms with van der Waals surface area (Å²) in [5, 5.41) is 14.1. The Hall–Kier alpha value is -3.42. The lowest BCUT2D eigenvalue weighted by atomic mass is 10.0. The minimum atomic E-state index is -1.08. The predicted octanol–water partition coefficient (Wildman–Crippen LogP) is 4.89. The molecule has 0 radical (unpaired) electrons. The highest BCUT2D eigenvalue weighted by atomic mass is 35.5. The lowest BCUT2D eigenvalue weighted by molar-refractivity contribution is 0.00967. The lowest BCUT2D eigenvalue weighted by Crippen LogP contribution is -2.55. The SMILES string of the molecule is COCCn1ccnc1-c1nc(N2CC[C@@H](NC(=O)c3[nH]c(C)c(Cl)c3Cl)[C@@H](OCc3ccccc3)C2)sc1C(=O)O. The van der Waals surface area contributed by atoms with Crippen LogP contribution in [0.3, 0.4) is 0 Å². The number of ether oxygens (including phenoxy) is 2. The average Bonchev–Trinajstić information content (AvgIpc) is 3.70. The number of halogens is 2. The first-order chi connectivity index (χ1) is 20.3. The Kier molecular flexibility index (Phi) is 9.49. The number of imidazole rings is 1. The van der Waals surface area contributed by atoms with Crippen molar-refractivity contribution >= 4 is 51.5 Å². The highest BCUT2D eigenvalue weighted by Crippen LogP contribution is 2.35. The molecule has 1 saturated heterocycles. The third-order valence-electron chi connectivity index (χ3n) is 7.01. The van der Waals surface area contributed by atoms with Gasteiger partial charge >= 0.3 is 5.97 Å². The largest absolute Gasteiger partial charge is 0.477 e. The maximum absolute atomic E-state index is 13.2. The molecule has 2 atom stereocenters. The number of aryl methyl sites for hydroxylation is 1. The van der Waals surface area contributed by atoms with Crippen molar-refractivity contribution in [3.8, 4) is 11.5 Å². The number of H-pyrrole nitrogens is 1. The van der Waals surface area contributed by atoms with Crippen LogP contribution in [0.1, 0.15) is 37.8 Å². The maximum atomic E-state index is 13.2. The van der Waals surface area contributed by atoms with E-state index in [1.165, 1.54) is 0 Å². The van der Waals surface area contributed by atoms with Crippen molar-refractivity contribution in [2.45, 2.75) is 38.6 Å². The summed E-state index contributed by atoms with van der Waals surface area (Å²) in [7, 11) is 1.60. The van der Waals surface area contributed by atoms with Crippen molar-refractivity contribution in [2.75, 3.05) is 31.7 Å². The molecule has 4 aromatic rings. The summed E-state index contributed by atoms with van der Waals surface area (Å²) in [6.45, 7) is 3.92. The van der Waals surface area contributed by atoms with Gasteiger partial charge in [-0.1, -0.05) is 64.9 Å². The maximum Gasteiger partial charge on any atom is 0.348 e. The summed E-state index contributed by atoms with van der Waals surface area (Å²) in [5.41, 5.74) is 2.09.